The van der Waals surface area contributed by atoms with Crippen molar-refractivity contribution in [1.29, 1.82) is 0 Å². The average molecular weight is 1380 g/mol. The Bertz CT molecular complexity index is 1200. The van der Waals surface area contributed by atoms with Gasteiger partial charge in [-0.2, -0.15) is 0 Å². The Kier molecular flexibility index (Phi) is 17.7. The van der Waals surface area contributed by atoms with Crippen LogP contribution in [0.4, 0.5) is 0 Å². The zero-order valence-corrected chi connectivity index (χ0v) is 42.3. The first-order chi connectivity index (χ1) is 19.6. The van der Waals surface area contributed by atoms with Crippen LogP contribution in [0.3, 0.4) is 0 Å². The summed E-state index contributed by atoms with van der Waals surface area (Å²) in [7, 11) is 0. The summed E-state index contributed by atoms with van der Waals surface area (Å²) in [5, 5.41) is 0. The molecule has 0 amide bonds. The van der Waals surface area contributed by atoms with Crippen LogP contribution in [0.2, 0.25) is 0 Å². The molecule has 0 aliphatic rings. The minimum Gasteiger partial charge on any atom is -0.493 e. The molecule has 2 aromatic carbocycles. The number of benzene rings is 2. The highest BCUT2D eigenvalue weighted by molar-refractivity contribution is 9.26. The predicted molar refractivity (Wildman–Crippen MR) is 221 cm³/mol. The zero-order chi connectivity index (χ0) is 33.0. The SMILES string of the molecule is CCC(Br)(Br)OC(Br)(Br)CCOc1ccc(C(C)(C)c2c(Br)c(Br)c(OCCC(Br)(Br)OC(Br)(Br)CC)c(Br)c2Br)cc1. The molecule has 0 saturated heterocycles. The van der Waals surface area contributed by atoms with Crippen molar-refractivity contribution in [3.8, 4) is 11.5 Å². The molecule has 0 radical (unpaired) electrons. The van der Waals surface area contributed by atoms with Crippen LogP contribution >= 0.6 is 191 Å². The van der Waals surface area contributed by atoms with Gasteiger partial charge in [-0.1, -0.05) is 39.8 Å². The highest BCUT2D eigenvalue weighted by Crippen LogP contribution is 2.52. The largest absolute Gasteiger partial charge is 0.493 e. The van der Waals surface area contributed by atoms with E-state index in [2.05, 4.69) is 217 Å². The Morgan fingerprint density at radius 3 is 1.35 bits per heavy atom. The molecule has 2 aromatic rings. The van der Waals surface area contributed by atoms with E-state index in [0.29, 0.717) is 31.8 Å². The van der Waals surface area contributed by atoms with Crippen molar-refractivity contribution in [1.82, 2.24) is 0 Å². The van der Waals surface area contributed by atoms with Crippen LogP contribution in [0.5, 0.6) is 11.5 Å². The maximum absolute atomic E-state index is 6.23. The molecule has 0 fully saturated rings. The second-order valence-electron chi connectivity index (χ2n) is 9.77. The molecule has 0 N–H and O–H groups in total. The molecule has 244 valence electrons. The lowest BCUT2D eigenvalue weighted by atomic mass is 9.78. The monoisotopic (exact) mass is 1360 g/mol. The zero-order valence-electron chi connectivity index (χ0n) is 23.2. The van der Waals surface area contributed by atoms with Gasteiger partial charge >= 0.3 is 0 Å². The molecule has 16 heteroatoms. The average Bonchev–Trinajstić information content (AvgIpc) is 2.88. The van der Waals surface area contributed by atoms with Crippen molar-refractivity contribution in [3.63, 3.8) is 0 Å². The minimum atomic E-state index is -0.782. The number of alkyl halides is 8. The highest BCUT2D eigenvalue weighted by atomic mass is 79.9. The first kappa shape index (κ1) is 42.9. The smallest absolute Gasteiger partial charge is 0.183 e. The molecule has 0 aromatic heterocycles. The molecule has 43 heavy (non-hydrogen) atoms. The summed E-state index contributed by atoms with van der Waals surface area (Å²) in [6, 6.07) is 8.14. The first-order valence-electron chi connectivity index (χ1n) is 12.7. The maximum Gasteiger partial charge on any atom is 0.183 e. The lowest BCUT2D eigenvalue weighted by Gasteiger charge is -2.31. The highest BCUT2D eigenvalue weighted by Gasteiger charge is 2.36. The van der Waals surface area contributed by atoms with Crippen LogP contribution < -0.4 is 9.47 Å². The normalized spacial score (nSPS) is 13.4. The summed E-state index contributed by atoms with van der Waals surface area (Å²) in [6.45, 7) is 9.19. The van der Waals surface area contributed by atoms with E-state index in [9.17, 15) is 0 Å². The summed E-state index contributed by atoms with van der Waals surface area (Å²) in [5.41, 5.74) is 1.79. The van der Waals surface area contributed by atoms with Gasteiger partial charge in [0.2, 0.25) is 0 Å². The molecular formula is C27H28Br12O4. The Balaban J connectivity index is 2.18. The number of ether oxygens (including phenoxy) is 4. The van der Waals surface area contributed by atoms with E-state index in [0.717, 1.165) is 47.6 Å². The fourth-order valence-electron chi connectivity index (χ4n) is 3.64. The van der Waals surface area contributed by atoms with Crippen LogP contribution in [0.15, 0.2) is 42.2 Å². The molecule has 0 bridgehead atoms. The van der Waals surface area contributed by atoms with E-state index >= 15 is 0 Å². The summed E-state index contributed by atoms with van der Waals surface area (Å²) < 4.78 is 24.9. The van der Waals surface area contributed by atoms with E-state index in [1.807, 2.05) is 26.0 Å². The van der Waals surface area contributed by atoms with E-state index in [1.165, 1.54) is 0 Å². The van der Waals surface area contributed by atoms with Gasteiger partial charge in [0, 0.05) is 27.2 Å². The number of halogens is 12. The molecule has 2 rings (SSSR count). The maximum atomic E-state index is 6.23. The van der Waals surface area contributed by atoms with Gasteiger partial charge in [0.1, 0.15) is 11.5 Å². The summed E-state index contributed by atoms with van der Waals surface area (Å²) in [5.74, 6) is 1.44. The van der Waals surface area contributed by atoms with Crippen molar-refractivity contribution in [2.45, 2.75) is 72.5 Å². The third-order valence-corrected chi connectivity index (χ3v) is 15.4. The second kappa shape index (κ2) is 17.8. The van der Waals surface area contributed by atoms with Crippen LogP contribution in [-0.4, -0.2) is 26.9 Å². The van der Waals surface area contributed by atoms with Gasteiger partial charge < -0.3 is 18.9 Å². The van der Waals surface area contributed by atoms with Crippen molar-refractivity contribution in [2.75, 3.05) is 13.2 Å². The van der Waals surface area contributed by atoms with Crippen molar-refractivity contribution in [2.24, 2.45) is 0 Å². The molecule has 0 aliphatic heterocycles. The third kappa shape index (κ3) is 13.1. The van der Waals surface area contributed by atoms with E-state index in [-0.39, 0.29) is 5.41 Å². The van der Waals surface area contributed by atoms with Gasteiger partial charge in [-0.15, -0.1) is 0 Å². The molecule has 0 unspecified atom stereocenters. The lowest BCUT2D eigenvalue weighted by molar-refractivity contribution is 0.0503. The molecule has 0 heterocycles. The third-order valence-electron chi connectivity index (χ3n) is 6.15. The fourth-order valence-corrected chi connectivity index (χ4v) is 11.5. The van der Waals surface area contributed by atoms with E-state index in [4.69, 9.17) is 18.9 Å². The Morgan fingerprint density at radius 1 is 0.558 bits per heavy atom. The van der Waals surface area contributed by atoms with Gasteiger partial charge in [-0.3, -0.25) is 0 Å². The summed E-state index contributed by atoms with van der Waals surface area (Å²) in [4.78, 5) is 0. The van der Waals surface area contributed by atoms with Gasteiger partial charge in [-0.05, 0) is 227 Å². The molecule has 4 nitrogen and oxygen atoms in total. The minimum absolute atomic E-state index is 0.375. The quantitative estimate of drug-likeness (QED) is 0.124. The molecule has 0 aliphatic carbocycles. The van der Waals surface area contributed by atoms with Crippen LogP contribution in [0.25, 0.3) is 0 Å². The molecule has 0 atom stereocenters. The van der Waals surface area contributed by atoms with Crippen molar-refractivity contribution >= 4 is 191 Å². The van der Waals surface area contributed by atoms with Crippen molar-refractivity contribution in [3.05, 3.63) is 53.3 Å². The fraction of sp³-hybridized carbons (Fsp3) is 0.556. The summed E-state index contributed by atoms with van der Waals surface area (Å²) in [6.07, 6.45) is 2.55. The van der Waals surface area contributed by atoms with Crippen molar-refractivity contribution < 1.29 is 18.9 Å². The number of rotatable bonds is 16. The molecule has 0 saturated carbocycles. The Hall–Kier alpha value is 3.72. The van der Waals surface area contributed by atoms with Gasteiger partial charge in [-0.25, -0.2) is 0 Å². The number of hydrogen-bond donors (Lipinski definition) is 0. The predicted octanol–water partition coefficient (Wildman–Crippen LogP) is 15.2. The van der Waals surface area contributed by atoms with Gasteiger partial charge in [0.15, 0.2) is 13.7 Å². The van der Waals surface area contributed by atoms with E-state index < -0.39 is 13.7 Å². The Labute approximate surface area is 355 Å². The number of hydrogen-bond acceptors (Lipinski definition) is 4. The Morgan fingerprint density at radius 2 is 0.953 bits per heavy atom. The molecular weight excluding hydrogens is 1350 g/mol. The van der Waals surface area contributed by atoms with Crippen LogP contribution in [-0.2, 0) is 14.9 Å². The van der Waals surface area contributed by atoms with Crippen LogP contribution in [0, 0.1) is 0 Å². The summed E-state index contributed by atoms with van der Waals surface area (Å²) >= 11 is 43.6. The first-order valence-corrected chi connectivity index (χ1v) is 22.2. The van der Waals surface area contributed by atoms with Gasteiger partial charge in [0.05, 0.1) is 22.2 Å². The van der Waals surface area contributed by atoms with E-state index in [1.54, 1.807) is 0 Å². The lowest BCUT2D eigenvalue weighted by Crippen LogP contribution is -2.29. The van der Waals surface area contributed by atoms with Crippen LogP contribution in [0.1, 0.15) is 64.5 Å². The molecule has 0 spiro atoms. The second-order valence-corrected chi connectivity index (χ2v) is 27.4. The standard InChI is InChI=1S/C27H28Br12O4/c1-5-24(32,33)42-26(36,37)11-13-40-16-9-7-15(8-10-16)23(3,4)17-18(28)20(30)22(21(31)19(17)29)41-14-12-27(38,39)43-25(34,35)6-2/h7-10H,5-6,11-14H2,1-4H3. The topological polar surface area (TPSA) is 36.9 Å². The van der Waals surface area contributed by atoms with Gasteiger partial charge in [0.25, 0.3) is 0 Å².